The van der Waals surface area contributed by atoms with E-state index in [4.69, 9.17) is 12.6 Å². The van der Waals surface area contributed by atoms with E-state index >= 15 is 0 Å². The first-order valence-electron chi connectivity index (χ1n) is 5.61. The van der Waals surface area contributed by atoms with E-state index < -0.39 is 11.7 Å². The van der Waals surface area contributed by atoms with Crippen LogP contribution < -0.4 is 16.3 Å². The number of aromatic nitrogens is 1. The zero-order valence-corrected chi connectivity index (χ0v) is 11.1. The Bertz CT molecular complexity index is 503. The van der Waals surface area contributed by atoms with E-state index in [1.807, 2.05) is 0 Å². The van der Waals surface area contributed by atoms with E-state index in [2.05, 4.69) is 5.32 Å². The second kappa shape index (κ2) is 5.29. The molecular formula is C12H17BN2O3. The van der Waals surface area contributed by atoms with Gasteiger partial charge in [-0.15, -0.1) is 0 Å². The fourth-order valence-electron chi connectivity index (χ4n) is 1.32. The summed E-state index contributed by atoms with van der Waals surface area (Å²) in [5, 5.41) is 2.55. The minimum Gasteiger partial charge on any atom is -0.444 e. The molecule has 0 aliphatic carbocycles. The lowest BCUT2D eigenvalue weighted by atomic mass is 9.92. The number of aryl methyl sites for hydroxylation is 1. The molecule has 0 atom stereocenters. The van der Waals surface area contributed by atoms with E-state index in [0.29, 0.717) is 11.0 Å². The Morgan fingerprint density at radius 1 is 1.50 bits per heavy atom. The fourth-order valence-corrected chi connectivity index (χ4v) is 1.32. The first kappa shape index (κ1) is 14.3. The Kier molecular flexibility index (Phi) is 4.22. The average molecular weight is 248 g/mol. The highest BCUT2D eigenvalue weighted by Crippen LogP contribution is 2.06. The quantitative estimate of drug-likeness (QED) is 0.761. The molecule has 0 aliphatic heterocycles. The molecule has 0 unspecified atom stereocenters. The van der Waals surface area contributed by atoms with E-state index in [1.165, 1.54) is 16.8 Å². The number of nitrogens with zero attached hydrogens (tertiary/aromatic N) is 1. The number of hydrogen-bond acceptors (Lipinski definition) is 3. The lowest BCUT2D eigenvalue weighted by Crippen LogP contribution is -2.34. The molecule has 1 aromatic heterocycles. The minimum absolute atomic E-state index is 0.164. The van der Waals surface area contributed by atoms with Gasteiger partial charge in [0.2, 0.25) is 0 Å². The number of carbonyl (C=O) groups is 1. The van der Waals surface area contributed by atoms with Gasteiger partial charge in [-0.3, -0.25) is 4.79 Å². The van der Waals surface area contributed by atoms with Gasteiger partial charge in [0.25, 0.3) is 5.56 Å². The van der Waals surface area contributed by atoms with Crippen LogP contribution in [0, 0.1) is 0 Å². The second-order valence-electron chi connectivity index (χ2n) is 5.06. The number of rotatable bonds is 2. The molecule has 1 rings (SSSR count). The number of alkyl carbamates (subject to hydrolysis) is 1. The molecule has 1 heterocycles. The van der Waals surface area contributed by atoms with Crippen LogP contribution in [0.2, 0.25) is 0 Å². The van der Waals surface area contributed by atoms with Crippen LogP contribution in [0.1, 0.15) is 26.3 Å². The van der Waals surface area contributed by atoms with Crippen LogP contribution in [0.3, 0.4) is 0 Å². The smallest absolute Gasteiger partial charge is 0.407 e. The summed E-state index contributed by atoms with van der Waals surface area (Å²) < 4.78 is 6.46. The van der Waals surface area contributed by atoms with Crippen LogP contribution in [0.5, 0.6) is 0 Å². The standard InChI is InChI=1S/C12H17BN2O3/c1-12(2,3)18-11(17)14-6-8-5-10(16)15(4)7-9(8)13/h5,7H,6H2,1-4H3,(H,14,17). The maximum atomic E-state index is 11.4. The molecule has 96 valence electrons. The number of nitrogens with one attached hydrogen (secondary N) is 1. The summed E-state index contributed by atoms with van der Waals surface area (Å²) in [7, 11) is 7.37. The highest BCUT2D eigenvalue weighted by atomic mass is 16.6. The molecule has 0 bridgehead atoms. The van der Waals surface area contributed by atoms with Gasteiger partial charge < -0.3 is 14.6 Å². The lowest BCUT2D eigenvalue weighted by Gasteiger charge is -2.20. The van der Waals surface area contributed by atoms with Gasteiger partial charge in [0.05, 0.1) is 0 Å². The molecule has 0 saturated heterocycles. The third-order valence-corrected chi connectivity index (χ3v) is 2.17. The third kappa shape index (κ3) is 4.27. The Morgan fingerprint density at radius 2 is 2.11 bits per heavy atom. The fraction of sp³-hybridized carbons (Fsp3) is 0.500. The zero-order valence-electron chi connectivity index (χ0n) is 11.1. The molecule has 0 saturated carbocycles. The van der Waals surface area contributed by atoms with Crippen LogP contribution >= 0.6 is 0 Å². The Hall–Kier alpha value is -1.72. The van der Waals surface area contributed by atoms with Crippen LogP contribution in [0.15, 0.2) is 17.1 Å². The van der Waals surface area contributed by atoms with E-state index in [0.717, 1.165) is 0 Å². The summed E-state index contributed by atoms with van der Waals surface area (Å²) in [5.41, 5.74) is 0.296. The molecule has 0 spiro atoms. The topological polar surface area (TPSA) is 60.3 Å². The molecule has 18 heavy (non-hydrogen) atoms. The minimum atomic E-state index is -0.553. The number of amides is 1. The molecule has 5 nitrogen and oxygen atoms in total. The molecular weight excluding hydrogens is 231 g/mol. The highest BCUT2D eigenvalue weighted by Gasteiger charge is 2.15. The summed E-state index contributed by atoms with van der Waals surface area (Å²) in [5.74, 6) is 0. The molecule has 1 N–H and O–H groups in total. The van der Waals surface area contributed by atoms with Crippen LogP contribution in [-0.4, -0.2) is 24.1 Å². The number of carbonyl (C=O) groups excluding carboxylic acids is 1. The predicted molar refractivity (Wildman–Crippen MR) is 70.1 cm³/mol. The Labute approximate surface area is 108 Å². The second-order valence-corrected chi connectivity index (χ2v) is 5.06. The maximum Gasteiger partial charge on any atom is 0.407 e. The van der Waals surface area contributed by atoms with Gasteiger partial charge in [-0.1, -0.05) is 5.46 Å². The van der Waals surface area contributed by atoms with Gasteiger partial charge >= 0.3 is 6.09 Å². The van der Waals surface area contributed by atoms with Crippen LogP contribution in [-0.2, 0) is 18.3 Å². The Morgan fingerprint density at radius 3 is 2.67 bits per heavy atom. The van der Waals surface area contributed by atoms with Crippen molar-refractivity contribution in [3.63, 3.8) is 0 Å². The molecule has 6 heteroatoms. The predicted octanol–water partition coefficient (Wildman–Crippen LogP) is 0.204. The molecule has 0 fully saturated rings. The van der Waals surface area contributed by atoms with Gasteiger partial charge in [0.15, 0.2) is 0 Å². The number of hydrogen-bond donors (Lipinski definition) is 1. The summed E-state index contributed by atoms with van der Waals surface area (Å²) in [6.45, 7) is 5.49. The van der Waals surface area contributed by atoms with Crippen molar-refractivity contribution in [3.05, 3.63) is 28.2 Å². The lowest BCUT2D eigenvalue weighted by molar-refractivity contribution is 0.0523. The number of pyridine rings is 1. The first-order valence-corrected chi connectivity index (χ1v) is 5.61. The van der Waals surface area contributed by atoms with Crippen molar-refractivity contribution >= 4 is 19.4 Å². The van der Waals surface area contributed by atoms with Gasteiger partial charge in [0, 0.05) is 25.9 Å². The van der Waals surface area contributed by atoms with E-state index in [-0.39, 0.29) is 12.1 Å². The van der Waals surface area contributed by atoms with Gasteiger partial charge in [0.1, 0.15) is 13.4 Å². The Balaban J connectivity index is 2.67. The van der Waals surface area contributed by atoms with Crippen molar-refractivity contribution < 1.29 is 9.53 Å². The number of ether oxygens (including phenoxy) is 1. The van der Waals surface area contributed by atoms with Crippen molar-refractivity contribution in [2.45, 2.75) is 32.9 Å². The van der Waals surface area contributed by atoms with Crippen molar-refractivity contribution in [3.8, 4) is 0 Å². The van der Waals surface area contributed by atoms with E-state index in [1.54, 1.807) is 27.8 Å². The zero-order chi connectivity index (χ0) is 13.9. The molecule has 1 aromatic rings. The monoisotopic (exact) mass is 248 g/mol. The summed E-state index contributed by atoms with van der Waals surface area (Å²) >= 11 is 0. The molecule has 0 aliphatic rings. The van der Waals surface area contributed by atoms with Crippen molar-refractivity contribution in [2.24, 2.45) is 7.05 Å². The van der Waals surface area contributed by atoms with Crippen molar-refractivity contribution in [1.82, 2.24) is 9.88 Å². The first-order chi connectivity index (χ1) is 8.19. The summed E-state index contributed by atoms with van der Waals surface area (Å²) in [4.78, 5) is 22.9. The van der Waals surface area contributed by atoms with Crippen molar-refractivity contribution in [2.75, 3.05) is 0 Å². The molecule has 2 radical (unpaired) electrons. The maximum absolute atomic E-state index is 11.4. The van der Waals surface area contributed by atoms with Gasteiger partial charge in [-0.2, -0.15) is 0 Å². The molecule has 1 amide bonds. The normalized spacial score (nSPS) is 11.1. The molecule has 0 aromatic carbocycles. The average Bonchev–Trinajstić information content (AvgIpc) is 2.19. The summed E-state index contributed by atoms with van der Waals surface area (Å²) in [6, 6.07) is 1.40. The van der Waals surface area contributed by atoms with Gasteiger partial charge in [-0.05, 0) is 26.3 Å². The van der Waals surface area contributed by atoms with Crippen LogP contribution in [0.25, 0.3) is 0 Å². The van der Waals surface area contributed by atoms with Crippen molar-refractivity contribution in [1.29, 1.82) is 0 Å². The van der Waals surface area contributed by atoms with Gasteiger partial charge in [-0.25, -0.2) is 4.79 Å². The van der Waals surface area contributed by atoms with Crippen LogP contribution in [0.4, 0.5) is 4.79 Å². The largest absolute Gasteiger partial charge is 0.444 e. The summed E-state index contributed by atoms with van der Waals surface area (Å²) in [6.07, 6.45) is 0.983. The van der Waals surface area contributed by atoms with E-state index in [9.17, 15) is 9.59 Å². The highest BCUT2D eigenvalue weighted by molar-refractivity contribution is 6.33. The third-order valence-electron chi connectivity index (χ3n) is 2.17. The SMILES string of the molecule is [B]c1cn(C)c(=O)cc1CNC(=O)OC(C)(C)C.